The molecule has 0 spiro atoms. The molecule has 0 bridgehead atoms. The number of hydrogen-bond donors (Lipinski definition) is 1. The first kappa shape index (κ1) is 16.4. The highest BCUT2D eigenvalue weighted by Gasteiger charge is 2.13. The number of nitrogens with zero attached hydrogens (tertiary/aromatic N) is 2. The third-order valence-corrected chi connectivity index (χ3v) is 4.74. The van der Waals surface area contributed by atoms with Crippen LogP contribution < -0.4 is 14.8 Å². The van der Waals surface area contributed by atoms with E-state index in [1.807, 2.05) is 50.4 Å². The van der Waals surface area contributed by atoms with Crippen molar-refractivity contribution in [3.8, 4) is 11.5 Å². The van der Waals surface area contributed by atoms with E-state index in [-0.39, 0.29) is 12.7 Å². The van der Waals surface area contributed by atoms with Crippen molar-refractivity contribution in [2.75, 3.05) is 6.79 Å². The average Bonchev–Trinajstić information content (AvgIpc) is 3.22. The summed E-state index contributed by atoms with van der Waals surface area (Å²) in [6.45, 7) is 2.75. The van der Waals surface area contributed by atoms with E-state index in [1.54, 1.807) is 0 Å². The lowest BCUT2D eigenvalue weighted by Gasteiger charge is -2.06. The molecule has 0 saturated heterocycles. The molecule has 1 N–H and O–H groups in total. The first-order chi connectivity index (χ1) is 12.6. The lowest BCUT2D eigenvalue weighted by molar-refractivity contribution is -0.121. The standard InChI is InChI=1S/C20H21N3O3/c1-13-22-16-9-15(3-6-17(16)23(13)2)11-21-20(24)8-5-14-4-7-18-19(10-14)26-12-25-18/h3-4,6-7,9-10H,5,8,11-12H2,1-2H3,(H,21,24). The molecule has 3 aromatic rings. The number of nitrogens with one attached hydrogen (secondary N) is 1. The van der Waals surface area contributed by atoms with Gasteiger partial charge >= 0.3 is 0 Å². The van der Waals surface area contributed by atoms with Gasteiger partial charge in [-0.1, -0.05) is 12.1 Å². The van der Waals surface area contributed by atoms with Crippen LogP contribution in [0.15, 0.2) is 36.4 Å². The van der Waals surface area contributed by atoms with Crippen molar-refractivity contribution in [1.29, 1.82) is 0 Å². The molecular formula is C20H21N3O3. The van der Waals surface area contributed by atoms with Gasteiger partial charge in [0.05, 0.1) is 11.0 Å². The Labute approximate surface area is 151 Å². The SMILES string of the molecule is Cc1nc2cc(CNC(=O)CCc3ccc4c(c3)OCO4)ccc2n1C. The summed E-state index contributed by atoms with van der Waals surface area (Å²) in [6, 6.07) is 11.9. The fourth-order valence-electron chi connectivity index (χ4n) is 3.12. The number of amides is 1. The molecule has 2 aromatic carbocycles. The molecular weight excluding hydrogens is 330 g/mol. The topological polar surface area (TPSA) is 65.4 Å². The molecule has 6 nitrogen and oxygen atoms in total. The molecule has 0 atom stereocenters. The molecule has 1 amide bonds. The predicted octanol–water partition coefficient (Wildman–Crippen LogP) is 2.86. The van der Waals surface area contributed by atoms with Gasteiger partial charge in [0.1, 0.15) is 5.82 Å². The maximum absolute atomic E-state index is 12.2. The molecule has 4 rings (SSSR count). The molecule has 6 heteroatoms. The zero-order valence-corrected chi connectivity index (χ0v) is 14.9. The Kier molecular flexibility index (Phi) is 4.24. The van der Waals surface area contributed by atoms with Crippen LogP contribution in [-0.4, -0.2) is 22.3 Å². The van der Waals surface area contributed by atoms with Crippen LogP contribution in [0.2, 0.25) is 0 Å². The summed E-state index contributed by atoms with van der Waals surface area (Å²) in [5.74, 6) is 2.52. The maximum atomic E-state index is 12.2. The number of carbonyl (C=O) groups is 1. The smallest absolute Gasteiger partial charge is 0.231 e. The summed E-state index contributed by atoms with van der Waals surface area (Å²) in [6.07, 6.45) is 1.10. The van der Waals surface area contributed by atoms with Gasteiger partial charge in [0, 0.05) is 20.0 Å². The van der Waals surface area contributed by atoms with Crippen LogP contribution in [0.4, 0.5) is 0 Å². The van der Waals surface area contributed by atoms with Crippen LogP contribution in [0.3, 0.4) is 0 Å². The molecule has 1 aliphatic rings. The molecule has 1 aliphatic heterocycles. The quantitative estimate of drug-likeness (QED) is 0.768. The average molecular weight is 351 g/mol. The molecule has 0 unspecified atom stereocenters. The van der Waals surface area contributed by atoms with Gasteiger partial charge in [-0.3, -0.25) is 4.79 Å². The second-order valence-electron chi connectivity index (χ2n) is 6.51. The highest BCUT2D eigenvalue weighted by atomic mass is 16.7. The summed E-state index contributed by atoms with van der Waals surface area (Å²) < 4.78 is 12.7. The van der Waals surface area contributed by atoms with E-state index >= 15 is 0 Å². The van der Waals surface area contributed by atoms with Crippen molar-refractivity contribution in [2.45, 2.75) is 26.3 Å². The minimum atomic E-state index is 0.0277. The largest absolute Gasteiger partial charge is 0.454 e. The molecule has 26 heavy (non-hydrogen) atoms. The van der Waals surface area contributed by atoms with E-state index in [2.05, 4.69) is 14.9 Å². The number of hydrogen-bond acceptors (Lipinski definition) is 4. The van der Waals surface area contributed by atoms with Crippen LogP contribution in [-0.2, 0) is 24.8 Å². The molecule has 0 fully saturated rings. The third-order valence-electron chi connectivity index (χ3n) is 4.74. The second-order valence-corrected chi connectivity index (χ2v) is 6.51. The number of rotatable bonds is 5. The number of aryl methyl sites for hydroxylation is 3. The number of benzene rings is 2. The number of ether oxygens (including phenoxy) is 2. The van der Waals surface area contributed by atoms with Gasteiger partial charge in [-0.05, 0) is 48.7 Å². The summed E-state index contributed by atoms with van der Waals surface area (Å²) in [7, 11) is 2.00. The number of aromatic nitrogens is 2. The van der Waals surface area contributed by atoms with Crippen molar-refractivity contribution in [2.24, 2.45) is 7.05 Å². The van der Waals surface area contributed by atoms with E-state index in [4.69, 9.17) is 9.47 Å². The van der Waals surface area contributed by atoms with Gasteiger partial charge in [-0.15, -0.1) is 0 Å². The lowest BCUT2D eigenvalue weighted by atomic mass is 10.1. The van der Waals surface area contributed by atoms with Gasteiger partial charge in [-0.25, -0.2) is 4.98 Å². The van der Waals surface area contributed by atoms with Crippen LogP contribution >= 0.6 is 0 Å². The van der Waals surface area contributed by atoms with Gasteiger partial charge in [0.15, 0.2) is 11.5 Å². The van der Waals surface area contributed by atoms with Gasteiger partial charge in [0.25, 0.3) is 0 Å². The summed E-state index contributed by atoms with van der Waals surface area (Å²) in [4.78, 5) is 16.7. The third kappa shape index (κ3) is 3.22. The van der Waals surface area contributed by atoms with Crippen molar-refractivity contribution < 1.29 is 14.3 Å². The maximum Gasteiger partial charge on any atom is 0.231 e. The normalized spacial score (nSPS) is 12.5. The number of imidazole rings is 1. The Morgan fingerprint density at radius 3 is 2.85 bits per heavy atom. The first-order valence-electron chi connectivity index (χ1n) is 8.67. The Morgan fingerprint density at radius 1 is 1.15 bits per heavy atom. The molecule has 134 valence electrons. The van der Waals surface area contributed by atoms with Crippen LogP contribution in [0, 0.1) is 6.92 Å². The van der Waals surface area contributed by atoms with Crippen molar-refractivity contribution >= 4 is 16.9 Å². The van der Waals surface area contributed by atoms with Crippen molar-refractivity contribution in [3.05, 3.63) is 53.3 Å². The summed E-state index contributed by atoms with van der Waals surface area (Å²) in [5, 5.41) is 2.98. The van der Waals surface area contributed by atoms with Crippen LogP contribution in [0.1, 0.15) is 23.4 Å². The second kappa shape index (κ2) is 6.71. The minimum absolute atomic E-state index is 0.0277. The predicted molar refractivity (Wildman–Crippen MR) is 98.2 cm³/mol. The van der Waals surface area contributed by atoms with E-state index < -0.39 is 0 Å². The van der Waals surface area contributed by atoms with Gasteiger partial charge in [-0.2, -0.15) is 0 Å². The molecule has 1 aromatic heterocycles. The van der Waals surface area contributed by atoms with Crippen molar-refractivity contribution in [3.63, 3.8) is 0 Å². The highest BCUT2D eigenvalue weighted by molar-refractivity contribution is 5.78. The molecule has 0 saturated carbocycles. The summed E-state index contributed by atoms with van der Waals surface area (Å²) in [5.41, 5.74) is 4.17. The monoisotopic (exact) mass is 351 g/mol. The fraction of sp³-hybridized carbons (Fsp3) is 0.300. The number of carbonyl (C=O) groups excluding carboxylic acids is 1. The van der Waals surface area contributed by atoms with E-state index in [9.17, 15) is 4.79 Å². The Hall–Kier alpha value is -3.02. The van der Waals surface area contributed by atoms with Crippen LogP contribution in [0.5, 0.6) is 11.5 Å². The Bertz CT molecular complexity index is 978. The highest BCUT2D eigenvalue weighted by Crippen LogP contribution is 2.32. The molecule has 0 radical (unpaired) electrons. The zero-order chi connectivity index (χ0) is 18.1. The molecule has 2 heterocycles. The molecule has 0 aliphatic carbocycles. The van der Waals surface area contributed by atoms with Crippen LogP contribution in [0.25, 0.3) is 11.0 Å². The first-order valence-corrected chi connectivity index (χ1v) is 8.67. The van der Waals surface area contributed by atoms with E-state index in [1.165, 1.54) is 0 Å². The zero-order valence-electron chi connectivity index (χ0n) is 14.9. The number of fused-ring (bicyclic) bond motifs is 2. The fourth-order valence-corrected chi connectivity index (χ4v) is 3.12. The minimum Gasteiger partial charge on any atom is -0.454 e. The van der Waals surface area contributed by atoms with Gasteiger partial charge in [0.2, 0.25) is 12.7 Å². The van der Waals surface area contributed by atoms with Gasteiger partial charge < -0.3 is 19.4 Å². The lowest BCUT2D eigenvalue weighted by Crippen LogP contribution is -2.22. The summed E-state index contributed by atoms with van der Waals surface area (Å²) >= 11 is 0. The Morgan fingerprint density at radius 2 is 1.96 bits per heavy atom. The van der Waals surface area contributed by atoms with Crippen molar-refractivity contribution in [1.82, 2.24) is 14.9 Å². The van der Waals surface area contributed by atoms with E-state index in [0.29, 0.717) is 19.4 Å². The Balaban J connectivity index is 1.32. The van der Waals surface area contributed by atoms with E-state index in [0.717, 1.165) is 39.5 Å².